The molecule has 3 heterocycles. The highest BCUT2D eigenvalue weighted by Gasteiger charge is 2.52. The summed E-state index contributed by atoms with van der Waals surface area (Å²) in [4.78, 5) is 4.60. The number of hydrogen-bond acceptors (Lipinski definition) is 6. The van der Waals surface area contributed by atoms with E-state index in [0.717, 1.165) is 94.8 Å². The smallest absolute Gasteiger partial charge is 0.399 e. The molecule has 0 radical (unpaired) electrons. The second-order valence-electron chi connectivity index (χ2n) is 22.1. The summed E-state index contributed by atoms with van der Waals surface area (Å²) in [6, 6.07) is 75.5. The van der Waals surface area contributed by atoms with E-state index in [2.05, 4.69) is 252 Å². The van der Waals surface area contributed by atoms with Crippen molar-refractivity contribution in [3.63, 3.8) is 0 Å². The first-order valence-electron chi connectivity index (χ1n) is 26.2. The van der Waals surface area contributed by atoms with Gasteiger partial charge in [0.2, 0.25) is 0 Å². The van der Waals surface area contributed by atoms with E-state index in [1.165, 1.54) is 12.1 Å². The normalized spacial score (nSPS) is 16.4. The topological polar surface area (TPSA) is 48.3 Å². The van der Waals surface area contributed by atoms with Crippen molar-refractivity contribution < 1.29 is 23.0 Å². The molecular weight excluding hydrogens is 939 g/mol. The van der Waals surface area contributed by atoms with Crippen LogP contribution in [0.25, 0.3) is 49.7 Å². The predicted molar refractivity (Wildman–Crippen MR) is 312 cm³/mol. The van der Waals surface area contributed by atoms with E-state index in [9.17, 15) is 4.39 Å². The third-order valence-electron chi connectivity index (χ3n) is 16.2. The number of halogens is 1. The first kappa shape index (κ1) is 49.2. The number of anilines is 6. The van der Waals surface area contributed by atoms with E-state index in [1.54, 1.807) is 0 Å². The molecule has 76 heavy (non-hydrogen) atoms. The van der Waals surface area contributed by atoms with Gasteiger partial charge in [-0.15, -0.1) is 0 Å². The van der Waals surface area contributed by atoms with Crippen molar-refractivity contribution in [1.29, 1.82) is 0 Å². The van der Waals surface area contributed by atoms with Gasteiger partial charge in [-0.25, -0.2) is 4.39 Å². The van der Waals surface area contributed by atoms with Crippen molar-refractivity contribution in [2.75, 3.05) is 9.80 Å². The molecule has 10 aromatic rings. The largest absolute Gasteiger partial charge is 0.494 e. The lowest BCUT2D eigenvalue weighted by molar-refractivity contribution is 0.00578. The summed E-state index contributed by atoms with van der Waals surface area (Å²) in [5, 5.41) is 2.07. The fourth-order valence-electron chi connectivity index (χ4n) is 10.4. The molecule has 0 spiro atoms. The van der Waals surface area contributed by atoms with Crippen molar-refractivity contribution in [3.8, 4) is 27.9 Å². The molecule has 2 aliphatic heterocycles. The van der Waals surface area contributed by atoms with Crippen molar-refractivity contribution in [2.45, 2.75) is 77.8 Å². The number of aromatic nitrogens is 1. The van der Waals surface area contributed by atoms with Crippen LogP contribution in [0.3, 0.4) is 0 Å². The van der Waals surface area contributed by atoms with E-state index in [4.69, 9.17) is 18.6 Å². The molecule has 1 aromatic heterocycles. The van der Waals surface area contributed by atoms with Gasteiger partial charge < -0.3 is 33.0 Å². The maximum Gasteiger partial charge on any atom is 0.494 e. The van der Waals surface area contributed by atoms with Gasteiger partial charge in [-0.05, 0) is 198 Å². The Bertz CT molecular complexity index is 3460. The quantitative estimate of drug-likeness (QED) is 0.120. The van der Waals surface area contributed by atoms with E-state index in [-0.39, 0.29) is 5.82 Å². The zero-order chi connectivity index (χ0) is 52.6. The van der Waals surface area contributed by atoms with Crippen LogP contribution in [-0.4, -0.2) is 41.2 Å². The van der Waals surface area contributed by atoms with Crippen LogP contribution in [0.4, 0.5) is 38.5 Å². The first-order valence-corrected chi connectivity index (χ1v) is 26.2. The first-order chi connectivity index (χ1) is 36.5. The summed E-state index contributed by atoms with van der Waals surface area (Å²) < 4.78 is 42.8. The Morgan fingerprint density at radius 3 is 0.987 bits per heavy atom. The Morgan fingerprint density at radius 2 is 0.645 bits per heavy atom. The highest BCUT2D eigenvalue weighted by atomic mass is 19.1. The zero-order valence-electron chi connectivity index (χ0n) is 44.3. The molecule has 12 rings (SSSR count). The van der Waals surface area contributed by atoms with Crippen molar-refractivity contribution >= 4 is 81.1 Å². The standard InChI is InChI=1S/C66H60B2FN3O4/c1-63(2)64(3,4)74-67(73-63)49-23-33-54(34-24-49)70(52-29-19-47(20-30-52)45-15-11-9-12-16-45)57-39-41-61-59(43-57)60-44-58(40-42-62(60)72(61)56-37-27-51(69)28-38-56)71(53-31-21-48(22-32-53)46-17-13-10-14-18-46)55-35-25-50(26-36-55)68-75-65(5,6)66(7,8)76-68/h9-44H,1-8H3. The number of nitrogens with zero attached hydrogens (tertiary/aromatic N) is 3. The average molecular weight is 1000 g/mol. The summed E-state index contributed by atoms with van der Waals surface area (Å²) in [7, 11) is -0.981. The van der Waals surface area contributed by atoms with Crippen LogP contribution in [0.5, 0.6) is 0 Å². The highest BCUT2D eigenvalue weighted by molar-refractivity contribution is 6.62. The van der Waals surface area contributed by atoms with Crippen molar-refractivity contribution in [2.24, 2.45) is 0 Å². The summed E-state index contributed by atoms with van der Waals surface area (Å²) in [6.07, 6.45) is 0. The van der Waals surface area contributed by atoms with Crippen LogP contribution in [0.1, 0.15) is 55.4 Å². The Balaban J connectivity index is 1.01. The minimum atomic E-state index is -0.491. The monoisotopic (exact) mass is 999 g/mol. The lowest BCUT2D eigenvalue weighted by atomic mass is 9.79. The van der Waals surface area contributed by atoms with E-state index in [0.29, 0.717) is 0 Å². The second-order valence-corrected chi connectivity index (χ2v) is 22.1. The number of benzene rings is 9. The summed E-state index contributed by atoms with van der Waals surface area (Å²) in [5.41, 5.74) is 13.4. The average Bonchev–Trinajstić information content (AvgIpc) is 3.96. The second kappa shape index (κ2) is 18.8. The van der Waals surface area contributed by atoms with E-state index in [1.807, 2.05) is 24.3 Å². The molecule has 2 saturated heterocycles. The van der Waals surface area contributed by atoms with Gasteiger partial charge in [-0.3, -0.25) is 0 Å². The predicted octanol–water partition coefficient (Wildman–Crippen LogP) is 15.8. The van der Waals surface area contributed by atoms with Gasteiger partial charge >= 0.3 is 14.2 Å². The molecule has 0 unspecified atom stereocenters. The zero-order valence-corrected chi connectivity index (χ0v) is 44.3. The number of hydrogen-bond donors (Lipinski definition) is 0. The van der Waals surface area contributed by atoms with Gasteiger partial charge in [0.15, 0.2) is 0 Å². The summed E-state index contributed by atoms with van der Waals surface area (Å²) in [6.45, 7) is 16.6. The Morgan fingerprint density at radius 1 is 0.342 bits per heavy atom. The summed E-state index contributed by atoms with van der Waals surface area (Å²) >= 11 is 0. The minimum Gasteiger partial charge on any atom is -0.399 e. The highest BCUT2D eigenvalue weighted by Crippen LogP contribution is 2.44. The lowest BCUT2D eigenvalue weighted by Crippen LogP contribution is -2.41. The van der Waals surface area contributed by atoms with Crippen LogP contribution in [0.15, 0.2) is 218 Å². The Kier molecular flexibility index (Phi) is 12.2. The molecule has 0 N–H and O–H groups in total. The van der Waals surface area contributed by atoms with Gasteiger partial charge in [0.25, 0.3) is 0 Å². The molecule has 2 fully saturated rings. The molecule has 9 aromatic carbocycles. The van der Waals surface area contributed by atoms with Crippen LogP contribution in [0.2, 0.25) is 0 Å². The summed E-state index contributed by atoms with van der Waals surface area (Å²) in [5.74, 6) is -0.286. The van der Waals surface area contributed by atoms with Crippen molar-refractivity contribution in [3.05, 3.63) is 224 Å². The van der Waals surface area contributed by atoms with Gasteiger partial charge in [-0.1, -0.05) is 109 Å². The van der Waals surface area contributed by atoms with E-state index < -0.39 is 36.6 Å². The van der Waals surface area contributed by atoms with Gasteiger partial charge in [0.05, 0.1) is 33.4 Å². The molecule has 0 saturated carbocycles. The molecule has 376 valence electrons. The number of fused-ring (bicyclic) bond motifs is 3. The Labute approximate surface area is 446 Å². The van der Waals surface area contributed by atoms with Crippen LogP contribution < -0.4 is 20.7 Å². The van der Waals surface area contributed by atoms with Crippen LogP contribution in [-0.2, 0) is 18.6 Å². The maximum absolute atomic E-state index is 14.6. The third kappa shape index (κ3) is 8.89. The lowest BCUT2D eigenvalue weighted by Gasteiger charge is -2.32. The molecule has 0 atom stereocenters. The van der Waals surface area contributed by atoms with Gasteiger partial charge in [0.1, 0.15) is 5.82 Å². The fourth-order valence-corrected chi connectivity index (χ4v) is 10.4. The molecule has 10 heteroatoms. The molecule has 0 bridgehead atoms. The number of rotatable bonds is 11. The molecule has 0 amide bonds. The van der Waals surface area contributed by atoms with Gasteiger partial charge in [0, 0.05) is 50.6 Å². The fraction of sp³-hybridized carbons (Fsp3) is 0.182. The SMILES string of the molecule is CC1(C)OB(c2ccc(N(c3ccc(-c4ccccc4)cc3)c3ccc4c(c3)c3cc(N(c5ccc(B6OC(C)(C)C(C)(C)O6)cc5)c5ccc(-c6ccccc6)cc5)ccc3n4-c3ccc(F)cc3)cc2)OC1(C)C. The maximum atomic E-state index is 14.6. The van der Waals surface area contributed by atoms with Crippen LogP contribution >= 0.6 is 0 Å². The van der Waals surface area contributed by atoms with Crippen LogP contribution in [0, 0.1) is 5.82 Å². The minimum absolute atomic E-state index is 0.286. The van der Waals surface area contributed by atoms with Crippen molar-refractivity contribution in [1.82, 2.24) is 4.57 Å². The van der Waals surface area contributed by atoms with Gasteiger partial charge in [-0.2, -0.15) is 0 Å². The molecule has 2 aliphatic rings. The molecule has 7 nitrogen and oxygen atoms in total. The molecule has 0 aliphatic carbocycles. The Hall–Kier alpha value is -7.72. The molecular formula is C66H60B2FN3O4. The third-order valence-corrected chi connectivity index (χ3v) is 16.2. The van der Waals surface area contributed by atoms with E-state index >= 15 is 0 Å².